The topological polar surface area (TPSA) is 182 Å². The largest absolute Gasteiger partial charge is 0.455 e. The molecule has 5 aromatic rings. The van der Waals surface area contributed by atoms with Crippen LogP contribution >= 0.6 is 23.4 Å². The minimum absolute atomic E-state index is 0.0319. The average Bonchev–Trinajstić information content (AvgIpc) is 3.93. The summed E-state index contributed by atoms with van der Waals surface area (Å²) in [6.45, 7) is 20.1. The standard InChI is InChI=1S/C56H67ClF3N9O8S2.C2H6/c1-54(2,3)77-53(72)69-26-24-68(25-27-69)52(71)55(4)16-14-45(38-6-8-41(57)9-7-38)40(35-55)37-66-20-22-67(23-21-66)42-10-12-46(48(33-42)76-43-32-39-15-18-62-50(39)63-36-43)51(70)64-79(73,74)44-11-13-47(49(34-44)78-56(58,59)60)61-17-5-19-65-28-30-75-31-29-65;1-2/h6-13,15,18,32-34,36,61H,5,14,16-17,19-31,35,37H2,1-4H3,(H,62,63)(H,64,70);1-2H3. The van der Waals surface area contributed by atoms with Crippen molar-refractivity contribution in [2.24, 2.45) is 5.41 Å². The number of pyridine rings is 1. The minimum Gasteiger partial charge on any atom is -0.455 e. The molecule has 0 bridgehead atoms. The van der Waals surface area contributed by atoms with Gasteiger partial charge in [0.15, 0.2) is 0 Å². The third-order valence-electron chi connectivity index (χ3n) is 14.6. The normalized spacial score (nSPS) is 18.8. The molecule has 5 heterocycles. The van der Waals surface area contributed by atoms with Crippen molar-refractivity contribution in [2.45, 2.75) is 88.1 Å². The van der Waals surface area contributed by atoms with E-state index in [1.807, 2.05) is 63.8 Å². The zero-order chi connectivity index (χ0) is 58.1. The summed E-state index contributed by atoms with van der Waals surface area (Å²) < 4.78 is 88.8. The molecule has 1 atom stereocenters. The molecular weight excluding hydrogens is 1110 g/mol. The molecular formula is C58H73ClF3N9O8S2. The number of benzene rings is 3. The van der Waals surface area contributed by atoms with Gasteiger partial charge in [-0.3, -0.25) is 19.4 Å². The van der Waals surface area contributed by atoms with Crippen LogP contribution in [0.4, 0.5) is 29.3 Å². The lowest BCUT2D eigenvalue weighted by Gasteiger charge is -2.43. The fourth-order valence-corrected chi connectivity index (χ4v) is 12.4. The summed E-state index contributed by atoms with van der Waals surface area (Å²) in [6.07, 6.45) is 5.38. The van der Waals surface area contributed by atoms with E-state index in [1.54, 1.807) is 35.4 Å². The lowest BCUT2D eigenvalue weighted by Crippen LogP contribution is -2.55. The Bertz CT molecular complexity index is 3150. The Morgan fingerprint density at radius 3 is 2.26 bits per heavy atom. The molecule has 1 aliphatic carbocycles. The van der Waals surface area contributed by atoms with Crippen molar-refractivity contribution in [1.29, 1.82) is 0 Å². The van der Waals surface area contributed by atoms with E-state index in [0.29, 0.717) is 121 Å². The van der Waals surface area contributed by atoms with Gasteiger partial charge < -0.3 is 39.2 Å². The smallest absolute Gasteiger partial charge is 0.446 e. The van der Waals surface area contributed by atoms with E-state index in [-0.39, 0.29) is 39.6 Å². The second-order valence-electron chi connectivity index (χ2n) is 21.6. The predicted molar refractivity (Wildman–Crippen MR) is 311 cm³/mol. The SMILES string of the molecule is CC.CC(C)(C)OC(=O)N1CCN(C(=O)C2(C)CCC(c3ccc(Cl)cc3)=C(CN3CCN(c4ccc(C(=O)NS(=O)(=O)c5ccc(NCCCN6CCOCC6)c(SC(F)(F)F)c5)c(Oc5cnc6[nH]ccc6c5)c4)CC3)C2)CC1. The van der Waals surface area contributed by atoms with Gasteiger partial charge in [-0.25, -0.2) is 22.9 Å². The van der Waals surface area contributed by atoms with Gasteiger partial charge in [0, 0.05) is 117 Å². The van der Waals surface area contributed by atoms with Gasteiger partial charge >= 0.3 is 11.6 Å². The molecule has 0 spiro atoms. The second-order valence-corrected chi connectivity index (χ2v) is 24.8. The molecule has 3 aliphatic heterocycles. The first-order chi connectivity index (χ1) is 38.6. The number of anilines is 2. The highest BCUT2D eigenvalue weighted by Crippen LogP contribution is 2.45. The van der Waals surface area contributed by atoms with Gasteiger partial charge in [0.25, 0.3) is 15.9 Å². The number of hydrogen-bond donors (Lipinski definition) is 3. The molecule has 1 unspecified atom stereocenters. The van der Waals surface area contributed by atoms with Crippen LogP contribution in [0.2, 0.25) is 5.02 Å². The van der Waals surface area contributed by atoms with E-state index in [1.165, 1.54) is 35.5 Å². The first-order valence-electron chi connectivity index (χ1n) is 27.6. The number of fused-ring (bicyclic) bond motifs is 1. The summed E-state index contributed by atoms with van der Waals surface area (Å²) >= 11 is 5.89. The van der Waals surface area contributed by atoms with E-state index >= 15 is 0 Å². The van der Waals surface area contributed by atoms with Crippen LogP contribution in [0.1, 0.15) is 83.1 Å². The number of ether oxygens (including phenoxy) is 3. The molecule has 0 saturated carbocycles. The van der Waals surface area contributed by atoms with Gasteiger partial charge in [0.2, 0.25) is 5.91 Å². The van der Waals surface area contributed by atoms with Crippen molar-refractivity contribution in [3.8, 4) is 11.5 Å². The summed E-state index contributed by atoms with van der Waals surface area (Å²) in [4.78, 5) is 58.2. The fourth-order valence-electron chi connectivity index (χ4n) is 10.5. The maximum Gasteiger partial charge on any atom is 0.446 e. The number of carbonyl (C=O) groups is 3. The number of carbonyl (C=O) groups excluding carboxylic acids is 3. The molecule has 0 radical (unpaired) electrons. The summed E-state index contributed by atoms with van der Waals surface area (Å²) in [5.41, 5.74) is -1.27. The summed E-state index contributed by atoms with van der Waals surface area (Å²) in [5.74, 6) is -0.668. The third-order valence-corrected chi connectivity index (χ3v) is 17.0. The number of hydrogen-bond acceptors (Lipinski definition) is 14. The lowest BCUT2D eigenvalue weighted by molar-refractivity contribution is -0.143. The second kappa shape index (κ2) is 26.5. The quantitative estimate of drug-likeness (QED) is 0.0627. The van der Waals surface area contributed by atoms with Gasteiger partial charge in [-0.2, -0.15) is 13.2 Å². The first-order valence-corrected chi connectivity index (χ1v) is 30.2. The van der Waals surface area contributed by atoms with Gasteiger partial charge in [-0.1, -0.05) is 50.1 Å². The van der Waals surface area contributed by atoms with Crippen LogP contribution in [0.5, 0.6) is 11.5 Å². The summed E-state index contributed by atoms with van der Waals surface area (Å²) in [5, 5.41) is 4.39. The van der Waals surface area contributed by atoms with Crippen molar-refractivity contribution < 1.29 is 50.2 Å². The molecule has 3 N–H and O–H groups in total. The van der Waals surface area contributed by atoms with Crippen molar-refractivity contribution >= 4 is 79.3 Å². The van der Waals surface area contributed by atoms with Crippen LogP contribution in [-0.4, -0.2) is 165 Å². The van der Waals surface area contributed by atoms with Gasteiger partial charge in [-0.15, -0.1) is 0 Å². The van der Waals surface area contributed by atoms with Crippen LogP contribution in [0.25, 0.3) is 16.6 Å². The number of piperazine rings is 2. The molecule has 438 valence electrons. The number of alkyl halides is 3. The number of halogens is 4. The summed E-state index contributed by atoms with van der Waals surface area (Å²) in [6, 6.07) is 19.6. The van der Waals surface area contributed by atoms with Crippen LogP contribution < -0.4 is 19.7 Å². The van der Waals surface area contributed by atoms with Crippen LogP contribution in [-0.2, 0) is 24.3 Å². The Balaban J connectivity index is 0.00000425. The van der Waals surface area contributed by atoms with E-state index in [4.69, 9.17) is 25.8 Å². The van der Waals surface area contributed by atoms with Crippen molar-refractivity contribution in [3.05, 3.63) is 107 Å². The number of aromatic nitrogens is 2. The molecule has 4 aliphatic rings. The van der Waals surface area contributed by atoms with Crippen molar-refractivity contribution in [3.63, 3.8) is 0 Å². The molecule has 2 aromatic heterocycles. The monoisotopic (exact) mass is 1180 g/mol. The van der Waals surface area contributed by atoms with Gasteiger partial charge in [0.05, 0.1) is 35.3 Å². The average molecular weight is 1180 g/mol. The lowest BCUT2D eigenvalue weighted by atomic mass is 9.70. The van der Waals surface area contributed by atoms with Crippen molar-refractivity contribution in [1.82, 2.24) is 34.3 Å². The number of rotatable bonds is 16. The number of H-pyrrole nitrogens is 1. The van der Waals surface area contributed by atoms with E-state index in [9.17, 15) is 36.0 Å². The number of morpholine rings is 1. The Labute approximate surface area is 481 Å². The number of amides is 3. The number of nitrogens with zero attached hydrogens (tertiary/aromatic N) is 6. The van der Waals surface area contributed by atoms with E-state index < -0.39 is 49.1 Å². The molecule has 23 heteroatoms. The molecule has 3 saturated heterocycles. The number of thioether (sulfide) groups is 1. The molecule has 3 fully saturated rings. The highest BCUT2D eigenvalue weighted by molar-refractivity contribution is 8.00. The molecule has 81 heavy (non-hydrogen) atoms. The van der Waals surface area contributed by atoms with Crippen LogP contribution in [0, 0.1) is 5.41 Å². The number of aromatic amines is 1. The number of nitrogens with one attached hydrogen (secondary N) is 3. The minimum atomic E-state index is -4.72. The zero-order valence-corrected chi connectivity index (χ0v) is 49.2. The molecule has 3 amide bonds. The molecule has 3 aromatic carbocycles. The number of sulfonamides is 1. The highest BCUT2D eigenvalue weighted by atomic mass is 35.5. The van der Waals surface area contributed by atoms with Crippen LogP contribution in [0.15, 0.2) is 101 Å². The maximum absolute atomic E-state index is 14.5. The predicted octanol–water partition coefficient (Wildman–Crippen LogP) is 10.7. The molecule has 9 rings (SSSR count). The van der Waals surface area contributed by atoms with Crippen molar-refractivity contribution in [2.75, 3.05) is 109 Å². The zero-order valence-electron chi connectivity index (χ0n) is 46.8. The first kappa shape index (κ1) is 61.0. The Kier molecular flexibility index (Phi) is 19.9. The van der Waals surface area contributed by atoms with Gasteiger partial charge in [-0.05, 0) is 130 Å². The Morgan fingerprint density at radius 2 is 1.57 bits per heavy atom. The van der Waals surface area contributed by atoms with E-state index in [2.05, 4.69) is 41.6 Å². The van der Waals surface area contributed by atoms with Crippen LogP contribution in [0.3, 0.4) is 0 Å². The fraction of sp³-hybridized carbons (Fsp3) is 0.483. The Morgan fingerprint density at radius 1 is 0.864 bits per heavy atom. The third kappa shape index (κ3) is 16.2. The van der Waals surface area contributed by atoms with Gasteiger partial charge in [0.1, 0.15) is 22.7 Å². The van der Waals surface area contributed by atoms with E-state index in [0.717, 1.165) is 36.7 Å². The summed E-state index contributed by atoms with van der Waals surface area (Å²) in [7, 11) is -4.72. The molecule has 17 nitrogen and oxygen atoms in total. The highest BCUT2D eigenvalue weighted by Gasteiger charge is 2.42. The number of allylic oxidation sites excluding steroid dienone is 1. The maximum atomic E-state index is 14.5. The Hall–Kier alpha value is -6.04.